The van der Waals surface area contributed by atoms with E-state index >= 15 is 0 Å². The molecule has 2 aromatic rings. The molecule has 7 heteroatoms. The number of ether oxygens (including phenoxy) is 4. The maximum absolute atomic E-state index is 12.8. The Morgan fingerprint density at radius 1 is 0.920 bits per heavy atom. The molecule has 2 aromatic carbocycles. The Kier molecular flexibility index (Phi) is 6.33. The van der Waals surface area contributed by atoms with E-state index in [0.717, 1.165) is 0 Å². The summed E-state index contributed by atoms with van der Waals surface area (Å²) in [5.41, 5.74) is 0.324. The molecule has 0 N–H and O–H groups in total. The number of ketones is 1. The summed E-state index contributed by atoms with van der Waals surface area (Å²) in [6.07, 6.45) is 0. The highest BCUT2D eigenvalue weighted by Gasteiger charge is 2.13. The second kappa shape index (κ2) is 8.68. The second-order valence-electron chi connectivity index (χ2n) is 4.90. The molecule has 0 aliphatic rings. The van der Waals surface area contributed by atoms with Gasteiger partial charge in [-0.25, -0.2) is 9.18 Å². The first kappa shape index (κ1) is 18.3. The van der Waals surface area contributed by atoms with Gasteiger partial charge in [0.25, 0.3) is 0 Å². The van der Waals surface area contributed by atoms with Gasteiger partial charge < -0.3 is 18.9 Å². The number of carbonyl (C=O) groups excluding carboxylic acids is 2. The normalized spacial score (nSPS) is 10.0. The lowest BCUT2D eigenvalue weighted by Crippen LogP contribution is -2.19. The number of benzene rings is 2. The Morgan fingerprint density at radius 2 is 1.60 bits per heavy atom. The largest absolute Gasteiger partial charge is 0.493 e. The van der Waals surface area contributed by atoms with Crippen molar-refractivity contribution in [2.24, 2.45) is 0 Å². The van der Waals surface area contributed by atoms with E-state index in [0.29, 0.717) is 22.8 Å². The highest BCUT2D eigenvalue weighted by Crippen LogP contribution is 2.27. The van der Waals surface area contributed by atoms with Gasteiger partial charge in [0.2, 0.25) is 0 Å². The van der Waals surface area contributed by atoms with Gasteiger partial charge in [-0.1, -0.05) is 0 Å². The monoisotopic (exact) mass is 348 g/mol. The van der Waals surface area contributed by atoms with Crippen LogP contribution in [0.5, 0.6) is 17.2 Å². The van der Waals surface area contributed by atoms with Crippen molar-refractivity contribution in [3.8, 4) is 17.2 Å². The van der Waals surface area contributed by atoms with Crippen LogP contribution in [0.4, 0.5) is 4.39 Å². The molecule has 25 heavy (non-hydrogen) atoms. The minimum Gasteiger partial charge on any atom is -0.493 e. The van der Waals surface area contributed by atoms with Crippen molar-refractivity contribution in [2.75, 3.05) is 27.4 Å². The summed E-state index contributed by atoms with van der Waals surface area (Å²) in [5.74, 6) is -0.294. The first-order valence-electron chi connectivity index (χ1n) is 7.32. The first-order chi connectivity index (χ1) is 12.0. The van der Waals surface area contributed by atoms with Crippen molar-refractivity contribution < 1.29 is 32.9 Å². The summed E-state index contributed by atoms with van der Waals surface area (Å²) in [7, 11) is 2.95. The van der Waals surface area contributed by atoms with Crippen molar-refractivity contribution in [3.63, 3.8) is 0 Å². The molecule has 0 bridgehead atoms. The fourth-order valence-corrected chi connectivity index (χ4v) is 1.95. The van der Waals surface area contributed by atoms with E-state index in [4.69, 9.17) is 18.9 Å². The summed E-state index contributed by atoms with van der Waals surface area (Å²) in [5, 5.41) is 0. The molecule has 132 valence electrons. The number of hydrogen-bond acceptors (Lipinski definition) is 6. The summed E-state index contributed by atoms with van der Waals surface area (Å²) in [6.45, 7) is -0.814. The number of methoxy groups -OCH3 is 2. The third kappa shape index (κ3) is 5.20. The third-order valence-corrected chi connectivity index (χ3v) is 3.24. The standard InChI is InChI=1S/C18H17FO6/c1-22-16-8-3-12(9-17(16)23-2)15(20)10-25-18(21)11-24-14-6-4-13(19)5-7-14/h3-9H,10-11H2,1-2H3. The molecule has 0 aliphatic carbocycles. The Balaban J connectivity index is 1.84. The van der Waals surface area contributed by atoms with E-state index in [2.05, 4.69) is 0 Å². The van der Waals surface area contributed by atoms with Crippen molar-refractivity contribution in [1.82, 2.24) is 0 Å². The van der Waals surface area contributed by atoms with Crippen LogP contribution in [0.1, 0.15) is 10.4 Å². The van der Waals surface area contributed by atoms with Gasteiger partial charge in [0.1, 0.15) is 11.6 Å². The Labute approximate surface area is 144 Å². The average Bonchev–Trinajstić information content (AvgIpc) is 2.64. The van der Waals surface area contributed by atoms with Crippen LogP contribution in [-0.4, -0.2) is 39.2 Å². The maximum atomic E-state index is 12.8. The van der Waals surface area contributed by atoms with Gasteiger partial charge in [-0.05, 0) is 42.5 Å². The Morgan fingerprint density at radius 3 is 2.24 bits per heavy atom. The summed E-state index contributed by atoms with van der Waals surface area (Å²) in [6, 6.07) is 9.83. The number of hydrogen-bond donors (Lipinski definition) is 0. The SMILES string of the molecule is COc1ccc(C(=O)COC(=O)COc2ccc(F)cc2)cc1OC. The van der Waals surface area contributed by atoms with Crippen molar-refractivity contribution in [1.29, 1.82) is 0 Å². The van der Waals surface area contributed by atoms with Gasteiger partial charge in [0.15, 0.2) is 30.5 Å². The molecule has 0 aliphatic heterocycles. The number of esters is 1. The molecule has 0 heterocycles. The highest BCUT2D eigenvalue weighted by molar-refractivity contribution is 5.98. The van der Waals surface area contributed by atoms with Crippen LogP contribution in [0, 0.1) is 5.82 Å². The van der Waals surface area contributed by atoms with Crippen LogP contribution in [0.15, 0.2) is 42.5 Å². The van der Waals surface area contributed by atoms with E-state index in [1.54, 1.807) is 12.1 Å². The van der Waals surface area contributed by atoms with Gasteiger partial charge in [-0.3, -0.25) is 4.79 Å². The minimum absolute atomic E-state index is 0.324. The van der Waals surface area contributed by atoms with E-state index < -0.39 is 24.2 Å². The van der Waals surface area contributed by atoms with E-state index in [1.807, 2.05) is 0 Å². The lowest BCUT2D eigenvalue weighted by Gasteiger charge is -2.09. The van der Waals surface area contributed by atoms with Crippen LogP contribution in [0.25, 0.3) is 0 Å². The molecule has 0 atom stereocenters. The third-order valence-electron chi connectivity index (χ3n) is 3.24. The molecule has 0 amide bonds. The maximum Gasteiger partial charge on any atom is 0.344 e. The topological polar surface area (TPSA) is 71.1 Å². The van der Waals surface area contributed by atoms with Crippen LogP contribution >= 0.6 is 0 Å². The molecule has 0 aromatic heterocycles. The zero-order chi connectivity index (χ0) is 18.2. The van der Waals surface area contributed by atoms with Gasteiger partial charge in [0.05, 0.1) is 14.2 Å². The van der Waals surface area contributed by atoms with Crippen molar-refractivity contribution >= 4 is 11.8 Å². The van der Waals surface area contributed by atoms with E-state index in [9.17, 15) is 14.0 Å². The van der Waals surface area contributed by atoms with E-state index in [-0.39, 0.29) is 6.61 Å². The Bertz CT molecular complexity index is 742. The van der Waals surface area contributed by atoms with Crippen LogP contribution in [0.2, 0.25) is 0 Å². The smallest absolute Gasteiger partial charge is 0.344 e. The molecule has 0 radical (unpaired) electrons. The molecule has 0 saturated carbocycles. The lowest BCUT2D eigenvalue weighted by molar-refractivity contribution is -0.144. The predicted molar refractivity (Wildman–Crippen MR) is 86.7 cm³/mol. The minimum atomic E-state index is -0.710. The number of halogens is 1. The first-order valence-corrected chi connectivity index (χ1v) is 7.32. The quantitative estimate of drug-likeness (QED) is 0.539. The summed E-state index contributed by atoms with van der Waals surface area (Å²) < 4.78 is 33.0. The molecule has 6 nitrogen and oxygen atoms in total. The van der Waals surface area contributed by atoms with Gasteiger partial charge in [0, 0.05) is 5.56 Å². The van der Waals surface area contributed by atoms with Crippen LogP contribution < -0.4 is 14.2 Å². The second-order valence-corrected chi connectivity index (χ2v) is 4.90. The fourth-order valence-electron chi connectivity index (χ4n) is 1.95. The van der Waals surface area contributed by atoms with Gasteiger partial charge in [-0.15, -0.1) is 0 Å². The van der Waals surface area contributed by atoms with Gasteiger partial charge in [-0.2, -0.15) is 0 Å². The van der Waals surface area contributed by atoms with E-state index in [1.165, 1.54) is 44.6 Å². The van der Waals surface area contributed by atoms with Crippen molar-refractivity contribution in [3.05, 3.63) is 53.8 Å². The van der Waals surface area contributed by atoms with Crippen molar-refractivity contribution in [2.45, 2.75) is 0 Å². The summed E-state index contributed by atoms with van der Waals surface area (Å²) in [4.78, 5) is 23.7. The molecular weight excluding hydrogens is 331 g/mol. The predicted octanol–water partition coefficient (Wildman–Crippen LogP) is 2.65. The molecule has 0 fully saturated rings. The van der Waals surface area contributed by atoms with Crippen LogP contribution in [-0.2, 0) is 9.53 Å². The van der Waals surface area contributed by atoms with Gasteiger partial charge >= 0.3 is 5.97 Å². The number of rotatable bonds is 8. The molecule has 0 spiro atoms. The Hall–Kier alpha value is -3.09. The van der Waals surface area contributed by atoms with Crippen LogP contribution in [0.3, 0.4) is 0 Å². The molecule has 2 rings (SSSR count). The number of Topliss-reactive ketones (excluding diaryl/α,β-unsaturated/α-hetero) is 1. The zero-order valence-corrected chi connectivity index (χ0v) is 13.8. The summed E-state index contributed by atoms with van der Waals surface area (Å²) >= 11 is 0. The zero-order valence-electron chi connectivity index (χ0n) is 13.8. The fraction of sp³-hybridized carbons (Fsp3) is 0.222. The molecule has 0 saturated heterocycles. The highest BCUT2D eigenvalue weighted by atomic mass is 19.1. The number of carbonyl (C=O) groups is 2. The molecule has 0 unspecified atom stereocenters. The average molecular weight is 348 g/mol. The lowest BCUT2D eigenvalue weighted by atomic mass is 10.1. The molecular formula is C18H17FO6.